The predicted molar refractivity (Wildman–Crippen MR) is 103 cm³/mol. The molecule has 2 bridgehead atoms. The van der Waals surface area contributed by atoms with Gasteiger partial charge in [-0.1, -0.05) is 0 Å². The number of morpholine rings is 1. The Labute approximate surface area is 158 Å². The smallest absolute Gasteiger partial charge is 0.287 e. The third-order valence-electron chi connectivity index (χ3n) is 5.97. The minimum atomic E-state index is -0.120. The molecule has 2 N–H and O–H groups in total. The number of nitrogens with zero attached hydrogens (tertiary/aromatic N) is 1. The molecular weight excluding hydrogens is 342 g/mol. The highest BCUT2D eigenvalue weighted by Gasteiger charge is 2.39. The fraction of sp³-hybridized carbons (Fsp3) is 0.476. The summed E-state index contributed by atoms with van der Waals surface area (Å²) < 4.78 is 11.2. The second-order valence-electron chi connectivity index (χ2n) is 7.67. The molecule has 6 heteroatoms. The Morgan fingerprint density at radius 2 is 1.89 bits per heavy atom. The summed E-state index contributed by atoms with van der Waals surface area (Å²) in [7, 11) is 0. The van der Waals surface area contributed by atoms with Gasteiger partial charge in [0, 0.05) is 42.5 Å². The number of nitrogens with one attached hydrogen (secondary N) is 2. The summed E-state index contributed by atoms with van der Waals surface area (Å²) in [6.07, 6.45) is 3.39. The molecule has 3 aliphatic rings. The van der Waals surface area contributed by atoms with Gasteiger partial charge < -0.3 is 24.7 Å². The van der Waals surface area contributed by atoms with E-state index in [0.29, 0.717) is 17.8 Å². The number of furan rings is 1. The number of rotatable bonds is 4. The van der Waals surface area contributed by atoms with Crippen LogP contribution in [0.3, 0.4) is 0 Å². The van der Waals surface area contributed by atoms with Crippen LogP contribution in [0.1, 0.15) is 29.8 Å². The van der Waals surface area contributed by atoms with E-state index < -0.39 is 0 Å². The van der Waals surface area contributed by atoms with Gasteiger partial charge in [-0.2, -0.15) is 0 Å². The van der Waals surface area contributed by atoms with Crippen LogP contribution in [-0.4, -0.2) is 50.3 Å². The van der Waals surface area contributed by atoms with E-state index in [2.05, 4.69) is 27.7 Å². The Kier molecular flexibility index (Phi) is 4.38. The fourth-order valence-electron chi connectivity index (χ4n) is 4.50. The van der Waals surface area contributed by atoms with E-state index in [0.717, 1.165) is 50.5 Å². The SMILES string of the molecule is O=C(NC1CC2CCC1N2)c1ccc(-c2ccc(N3CCOCC3)cc2)o1. The first kappa shape index (κ1) is 16.8. The molecule has 1 aromatic carbocycles. The summed E-state index contributed by atoms with van der Waals surface area (Å²) in [5.41, 5.74) is 2.17. The third-order valence-corrected chi connectivity index (χ3v) is 5.97. The summed E-state index contributed by atoms with van der Waals surface area (Å²) in [4.78, 5) is 14.8. The first-order valence-electron chi connectivity index (χ1n) is 9.86. The van der Waals surface area contributed by atoms with Crippen molar-refractivity contribution in [1.82, 2.24) is 10.6 Å². The van der Waals surface area contributed by atoms with Crippen LogP contribution >= 0.6 is 0 Å². The molecule has 1 aromatic heterocycles. The Balaban J connectivity index is 1.25. The lowest BCUT2D eigenvalue weighted by Crippen LogP contribution is -2.42. The molecule has 4 heterocycles. The molecule has 142 valence electrons. The summed E-state index contributed by atoms with van der Waals surface area (Å²) in [6.45, 7) is 3.39. The van der Waals surface area contributed by atoms with E-state index in [9.17, 15) is 4.79 Å². The zero-order valence-electron chi connectivity index (χ0n) is 15.3. The second-order valence-corrected chi connectivity index (χ2v) is 7.67. The first-order chi connectivity index (χ1) is 13.3. The van der Waals surface area contributed by atoms with E-state index in [1.54, 1.807) is 6.07 Å². The molecule has 6 nitrogen and oxygen atoms in total. The molecule has 3 unspecified atom stereocenters. The van der Waals surface area contributed by atoms with Crippen molar-refractivity contribution >= 4 is 11.6 Å². The Hall–Kier alpha value is -2.31. The van der Waals surface area contributed by atoms with Gasteiger partial charge in [0.05, 0.1) is 13.2 Å². The van der Waals surface area contributed by atoms with Crippen LogP contribution in [-0.2, 0) is 4.74 Å². The summed E-state index contributed by atoms with van der Waals surface area (Å²) in [6, 6.07) is 13.1. The highest BCUT2D eigenvalue weighted by Crippen LogP contribution is 2.29. The molecule has 2 aromatic rings. The summed E-state index contributed by atoms with van der Waals surface area (Å²) in [5, 5.41) is 6.67. The molecule has 0 radical (unpaired) electrons. The van der Waals surface area contributed by atoms with Crippen molar-refractivity contribution < 1.29 is 13.9 Å². The highest BCUT2D eigenvalue weighted by atomic mass is 16.5. The zero-order valence-corrected chi connectivity index (χ0v) is 15.3. The third kappa shape index (κ3) is 3.35. The van der Waals surface area contributed by atoms with Crippen molar-refractivity contribution in [2.24, 2.45) is 0 Å². The lowest BCUT2D eigenvalue weighted by Gasteiger charge is -2.28. The lowest BCUT2D eigenvalue weighted by molar-refractivity contribution is 0.0903. The minimum Gasteiger partial charge on any atom is -0.451 e. The maximum absolute atomic E-state index is 12.5. The van der Waals surface area contributed by atoms with E-state index >= 15 is 0 Å². The second kappa shape index (κ2) is 7.02. The van der Waals surface area contributed by atoms with Crippen molar-refractivity contribution in [3.63, 3.8) is 0 Å². The average molecular weight is 367 g/mol. The van der Waals surface area contributed by atoms with Crippen LogP contribution in [0, 0.1) is 0 Å². The maximum atomic E-state index is 12.5. The Bertz CT molecular complexity index is 810. The standard InChI is InChI=1S/C21H25N3O3/c25-21(23-18-13-15-3-6-17(18)22-15)20-8-7-19(27-20)14-1-4-16(5-2-14)24-9-11-26-12-10-24/h1-2,4-5,7-8,15,17-18,22H,3,6,9-13H2,(H,23,25). The highest BCUT2D eigenvalue weighted by molar-refractivity contribution is 5.92. The van der Waals surface area contributed by atoms with Gasteiger partial charge in [-0.15, -0.1) is 0 Å². The quantitative estimate of drug-likeness (QED) is 0.869. The topological polar surface area (TPSA) is 66.7 Å². The number of benzene rings is 1. The molecule has 5 rings (SSSR count). The van der Waals surface area contributed by atoms with Gasteiger partial charge in [-0.25, -0.2) is 0 Å². The maximum Gasteiger partial charge on any atom is 0.287 e. The van der Waals surface area contributed by atoms with Crippen molar-refractivity contribution in [1.29, 1.82) is 0 Å². The van der Waals surface area contributed by atoms with E-state index in [4.69, 9.17) is 9.15 Å². The molecule has 1 amide bonds. The predicted octanol–water partition coefficient (Wildman–Crippen LogP) is 2.41. The van der Waals surface area contributed by atoms with Gasteiger partial charge >= 0.3 is 0 Å². The van der Waals surface area contributed by atoms with Gasteiger partial charge in [0.25, 0.3) is 5.91 Å². The van der Waals surface area contributed by atoms with Gasteiger partial charge in [0.1, 0.15) is 5.76 Å². The normalized spacial score (nSPS) is 27.1. The van der Waals surface area contributed by atoms with Crippen LogP contribution in [0.25, 0.3) is 11.3 Å². The summed E-state index contributed by atoms with van der Waals surface area (Å²) in [5.74, 6) is 0.982. The average Bonchev–Trinajstić information content (AvgIpc) is 3.46. The number of hydrogen-bond acceptors (Lipinski definition) is 5. The van der Waals surface area contributed by atoms with Crippen molar-refractivity contribution in [3.8, 4) is 11.3 Å². The molecule has 3 fully saturated rings. The molecular formula is C21H25N3O3. The largest absolute Gasteiger partial charge is 0.451 e. The van der Waals surface area contributed by atoms with E-state index in [1.165, 1.54) is 12.1 Å². The number of hydrogen-bond donors (Lipinski definition) is 2. The van der Waals surface area contributed by atoms with Gasteiger partial charge in [0.2, 0.25) is 0 Å². The van der Waals surface area contributed by atoms with Crippen molar-refractivity contribution in [3.05, 3.63) is 42.2 Å². The number of amides is 1. The van der Waals surface area contributed by atoms with Crippen LogP contribution in [0.4, 0.5) is 5.69 Å². The van der Waals surface area contributed by atoms with Crippen LogP contribution in [0.5, 0.6) is 0 Å². The molecule has 27 heavy (non-hydrogen) atoms. The number of ether oxygens (including phenoxy) is 1. The monoisotopic (exact) mass is 367 g/mol. The van der Waals surface area contributed by atoms with Gasteiger partial charge in [0.15, 0.2) is 5.76 Å². The van der Waals surface area contributed by atoms with Crippen LogP contribution in [0.15, 0.2) is 40.8 Å². The molecule has 0 spiro atoms. The van der Waals surface area contributed by atoms with Crippen LogP contribution in [0.2, 0.25) is 0 Å². The molecule has 0 saturated carbocycles. The van der Waals surface area contributed by atoms with Gasteiger partial charge in [-0.3, -0.25) is 4.79 Å². The zero-order chi connectivity index (χ0) is 18.2. The molecule has 3 atom stereocenters. The molecule has 0 aliphatic carbocycles. The fourth-order valence-corrected chi connectivity index (χ4v) is 4.50. The Morgan fingerprint density at radius 3 is 2.59 bits per heavy atom. The van der Waals surface area contributed by atoms with Crippen molar-refractivity contribution in [2.45, 2.75) is 37.4 Å². The summed E-state index contributed by atoms with van der Waals surface area (Å²) >= 11 is 0. The Morgan fingerprint density at radius 1 is 1.07 bits per heavy atom. The number of carbonyl (C=O) groups excluding carboxylic acids is 1. The number of carbonyl (C=O) groups is 1. The molecule has 3 aliphatic heterocycles. The minimum absolute atomic E-state index is 0.120. The number of anilines is 1. The molecule has 3 saturated heterocycles. The van der Waals surface area contributed by atoms with Gasteiger partial charge in [-0.05, 0) is 55.7 Å². The first-order valence-corrected chi connectivity index (χ1v) is 9.86. The van der Waals surface area contributed by atoms with Crippen LogP contribution < -0.4 is 15.5 Å². The lowest BCUT2D eigenvalue weighted by atomic mass is 9.95. The van der Waals surface area contributed by atoms with E-state index in [-0.39, 0.29) is 11.9 Å². The van der Waals surface area contributed by atoms with Crippen molar-refractivity contribution in [2.75, 3.05) is 31.2 Å². The van der Waals surface area contributed by atoms with E-state index in [1.807, 2.05) is 18.2 Å². The number of fused-ring (bicyclic) bond motifs is 2.